The van der Waals surface area contributed by atoms with Crippen molar-refractivity contribution in [1.82, 2.24) is 4.90 Å². The van der Waals surface area contributed by atoms with E-state index in [0.29, 0.717) is 30.1 Å². The number of rotatable bonds is 4. The summed E-state index contributed by atoms with van der Waals surface area (Å²) in [6.45, 7) is 5.47. The highest BCUT2D eigenvalue weighted by Gasteiger charge is 2.58. The van der Waals surface area contributed by atoms with Crippen molar-refractivity contribution < 1.29 is 29.5 Å². The van der Waals surface area contributed by atoms with E-state index in [9.17, 15) is 20.6 Å². The van der Waals surface area contributed by atoms with E-state index in [1.807, 2.05) is 27.8 Å². The molecule has 2 aromatic rings. The van der Waals surface area contributed by atoms with Crippen LogP contribution in [0, 0.1) is 49.9 Å². The fraction of sp³-hybridized carbons (Fsp3) is 0.552. The van der Waals surface area contributed by atoms with Crippen LogP contribution in [0.5, 0.6) is 28.7 Å². The summed E-state index contributed by atoms with van der Waals surface area (Å²) in [6, 6.07) is 2.20. The largest absolute Gasteiger partial charge is 0.507 e. The van der Waals surface area contributed by atoms with Gasteiger partial charge in [0.1, 0.15) is 17.2 Å². The van der Waals surface area contributed by atoms with Crippen molar-refractivity contribution in [2.45, 2.75) is 51.6 Å². The number of hydrogen-bond donors (Lipinski definition) is 3. The number of hydrogen-bond acceptors (Lipinski definition) is 8. The summed E-state index contributed by atoms with van der Waals surface area (Å²) in [5.74, 6) is 0.899. The second-order valence-corrected chi connectivity index (χ2v) is 10.7. The first-order valence-electron chi connectivity index (χ1n) is 12.8. The van der Waals surface area contributed by atoms with Gasteiger partial charge in [0.25, 0.3) is 0 Å². The van der Waals surface area contributed by atoms with Gasteiger partial charge >= 0.3 is 0 Å². The van der Waals surface area contributed by atoms with Crippen LogP contribution in [0.2, 0.25) is 0 Å². The Bertz CT molecular complexity index is 1320. The molecule has 1 saturated heterocycles. The first-order valence-corrected chi connectivity index (χ1v) is 12.8. The van der Waals surface area contributed by atoms with Gasteiger partial charge in [-0.1, -0.05) is 0 Å². The van der Waals surface area contributed by atoms with Crippen molar-refractivity contribution in [3.8, 4) is 34.8 Å². The van der Waals surface area contributed by atoms with E-state index >= 15 is 0 Å². The summed E-state index contributed by atoms with van der Waals surface area (Å²) in [5, 5.41) is 44.1. The Balaban J connectivity index is 1.82. The molecule has 2 aromatic carbocycles. The Morgan fingerprint density at radius 1 is 0.865 bits per heavy atom. The molecule has 0 radical (unpaired) electrons. The lowest BCUT2D eigenvalue weighted by molar-refractivity contribution is -0.0456. The minimum Gasteiger partial charge on any atom is -0.507 e. The van der Waals surface area contributed by atoms with Crippen molar-refractivity contribution in [3.63, 3.8) is 0 Å². The van der Waals surface area contributed by atoms with Gasteiger partial charge in [-0.3, -0.25) is 4.90 Å². The zero-order valence-electron chi connectivity index (χ0n) is 22.5. The molecule has 2 unspecified atom stereocenters. The molecule has 198 valence electrons. The Hall–Kier alpha value is -3.15. The Morgan fingerprint density at radius 2 is 1.51 bits per heavy atom. The fourth-order valence-corrected chi connectivity index (χ4v) is 7.85. The first kappa shape index (κ1) is 25.5. The third-order valence-corrected chi connectivity index (χ3v) is 9.50. The van der Waals surface area contributed by atoms with Gasteiger partial charge in [0.05, 0.1) is 39.9 Å². The minimum atomic E-state index is -0.393. The van der Waals surface area contributed by atoms with Gasteiger partial charge in [0.2, 0.25) is 0 Å². The number of aliphatic hydroxyl groups excluding tert-OH is 1. The van der Waals surface area contributed by atoms with Gasteiger partial charge in [-0.15, -0.1) is 0 Å². The molecule has 3 N–H and O–H groups in total. The molecule has 0 aromatic heterocycles. The lowest BCUT2D eigenvalue weighted by Gasteiger charge is -2.58. The number of aliphatic hydroxyl groups is 1. The molecular weight excluding hydrogens is 472 g/mol. The van der Waals surface area contributed by atoms with Crippen LogP contribution in [0.1, 0.15) is 50.9 Å². The predicted octanol–water partition coefficient (Wildman–Crippen LogP) is 3.66. The molecule has 8 heteroatoms. The zero-order chi connectivity index (χ0) is 26.9. The molecule has 2 bridgehead atoms. The summed E-state index contributed by atoms with van der Waals surface area (Å²) in [4.78, 5) is 2.19. The Morgan fingerprint density at radius 3 is 2.08 bits per heavy atom. The monoisotopic (exact) mass is 508 g/mol. The number of nitriles is 1. The van der Waals surface area contributed by atoms with E-state index in [2.05, 4.69) is 11.0 Å². The second-order valence-electron chi connectivity index (χ2n) is 10.7. The van der Waals surface area contributed by atoms with Crippen LogP contribution < -0.4 is 14.2 Å². The summed E-state index contributed by atoms with van der Waals surface area (Å²) < 4.78 is 17.3. The normalized spacial score (nSPS) is 28.0. The molecule has 2 heterocycles. The van der Waals surface area contributed by atoms with Crippen LogP contribution in [0.15, 0.2) is 0 Å². The van der Waals surface area contributed by atoms with Crippen LogP contribution in [0.25, 0.3) is 0 Å². The summed E-state index contributed by atoms with van der Waals surface area (Å²) in [6.07, 6.45) is 1.02. The molecule has 6 atom stereocenters. The van der Waals surface area contributed by atoms with Gasteiger partial charge in [0.15, 0.2) is 11.5 Å². The van der Waals surface area contributed by atoms with Gasteiger partial charge < -0.3 is 29.5 Å². The summed E-state index contributed by atoms with van der Waals surface area (Å²) in [7, 11) is 6.76. The van der Waals surface area contributed by atoms with Gasteiger partial charge in [-0.2, -0.15) is 5.26 Å². The molecule has 0 saturated carbocycles. The first-order chi connectivity index (χ1) is 17.7. The molecule has 1 fully saturated rings. The molecule has 5 rings (SSSR count). The third-order valence-electron chi connectivity index (χ3n) is 9.50. The molecular formula is C29H36N2O6. The molecule has 2 aliphatic heterocycles. The van der Waals surface area contributed by atoms with Crippen molar-refractivity contribution in [3.05, 3.63) is 38.9 Å². The van der Waals surface area contributed by atoms with E-state index < -0.39 is 5.92 Å². The molecule has 37 heavy (non-hydrogen) atoms. The molecule has 8 nitrogen and oxygen atoms in total. The quantitative estimate of drug-likeness (QED) is 0.573. The van der Waals surface area contributed by atoms with Crippen molar-refractivity contribution in [2.24, 2.45) is 17.8 Å². The maximum absolute atomic E-state index is 11.5. The number of ether oxygens (including phenoxy) is 3. The topological polar surface area (TPSA) is 115 Å². The van der Waals surface area contributed by atoms with E-state index in [4.69, 9.17) is 14.2 Å². The summed E-state index contributed by atoms with van der Waals surface area (Å²) in [5.41, 5.74) is 5.52. The fourth-order valence-electron chi connectivity index (χ4n) is 7.85. The van der Waals surface area contributed by atoms with E-state index in [1.165, 1.54) is 7.11 Å². The zero-order valence-corrected chi connectivity index (χ0v) is 22.5. The highest BCUT2D eigenvalue weighted by atomic mass is 16.5. The SMILES string of the molecule is COc1c(C)c(OC)c2c(c1O)[C@@H]1[C@@H]3Cc4c(O)c(C)c(C)c(OC)c4C(CO)C3[C@@H](C#N)[C@H](C2)N1C. The molecule has 0 spiro atoms. The maximum Gasteiger partial charge on any atom is 0.167 e. The summed E-state index contributed by atoms with van der Waals surface area (Å²) >= 11 is 0. The highest BCUT2D eigenvalue weighted by Crippen LogP contribution is 2.62. The number of aromatic hydroxyl groups is 2. The van der Waals surface area contributed by atoms with Crippen molar-refractivity contribution in [1.29, 1.82) is 5.26 Å². The van der Waals surface area contributed by atoms with Crippen LogP contribution >= 0.6 is 0 Å². The molecule has 1 aliphatic carbocycles. The Kier molecular flexibility index (Phi) is 6.20. The Labute approximate surface area is 218 Å². The van der Waals surface area contributed by atoms with Crippen molar-refractivity contribution >= 4 is 0 Å². The van der Waals surface area contributed by atoms with Gasteiger partial charge in [0, 0.05) is 45.8 Å². The molecule has 0 amide bonds. The number of benzene rings is 2. The minimum absolute atomic E-state index is 0.0912. The van der Waals surface area contributed by atoms with Gasteiger partial charge in [-0.25, -0.2) is 0 Å². The average molecular weight is 509 g/mol. The van der Waals surface area contributed by atoms with Crippen LogP contribution in [0.3, 0.4) is 0 Å². The molecule has 3 aliphatic rings. The lowest BCUT2D eigenvalue weighted by atomic mass is 9.54. The predicted molar refractivity (Wildman–Crippen MR) is 138 cm³/mol. The smallest absolute Gasteiger partial charge is 0.167 e. The number of fused-ring (bicyclic) bond motifs is 7. The highest BCUT2D eigenvalue weighted by molar-refractivity contribution is 5.66. The van der Waals surface area contributed by atoms with E-state index in [0.717, 1.165) is 38.9 Å². The standard InChI is InChI=1S/C29H36N2O6/c1-12-13(2)28(36-6)22-16(25(12)33)8-15-21(19(22)11-32)18(10-30)20-9-17-23(24(15)31(20)4)26(34)29(37-7)14(3)27(17)35-5/h15,18-21,24,32-34H,8-9,11H2,1-7H3/t15-,18+,19?,20+,21?,24+/m1/s1. The lowest BCUT2D eigenvalue weighted by Crippen LogP contribution is -2.59. The number of methoxy groups -OCH3 is 3. The average Bonchev–Trinajstić information content (AvgIpc) is 2.88. The van der Waals surface area contributed by atoms with Crippen molar-refractivity contribution in [2.75, 3.05) is 35.0 Å². The number of nitrogens with zero attached hydrogens (tertiary/aromatic N) is 2. The number of likely N-dealkylation sites (N-methyl/N-ethyl adjacent to an activating group) is 1. The van der Waals surface area contributed by atoms with E-state index in [-0.39, 0.29) is 47.9 Å². The van der Waals surface area contributed by atoms with Crippen LogP contribution in [-0.4, -0.2) is 61.2 Å². The van der Waals surface area contributed by atoms with Gasteiger partial charge in [-0.05, 0) is 63.6 Å². The van der Waals surface area contributed by atoms with Crippen LogP contribution in [-0.2, 0) is 12.8 Å². The maximum atomic E-state index is 11.5. The second kappa shape index (κ2) is 9.00. The van der Waals surface area contributed by atoms with E-state index in [1.54, 1.807) is 14.2 Å². The van der Waals surface area contributed by atoms with Crippen LogP contribution in [0.4, 0.5) is 0 Å². The number of piperidine rings is 1. The third kappa shape index (κ3) is 3.20. The number of phenols is 2. The number of phenolic OH excluding ortho intramolecular Hbond substituents is 2.